The van der Waals surface area contributed by atoms with Crippen LogP contribution in [0.3, 0.4) is 0 Å². The maximum absolute atomic E-state index is 15.3. The van der Waals surface area contributed by atoms with Crippen LogP contribution in [0.1, 0.15) is 29.9 Å². The van der Waals surface area contributed by atoms with Crippen molar-refractivity contribution in [3.05, 3.63) is 94.5 Å². The average molecular weight is 671 g/mol. The highest BCUT2D eigenvalue weighted by atomic mass is 35.5. The number of ether oxygens (including phenoxy) is 3. The summed E-state index contributed by atoms with van der Waals surface area (Å²) in [7, 11) is 3.95. The van der Waals surface area contributed by atoms with Crippen molar-refractivity contribution < 1.29 is 43.3 Å². The van der Waals surface area contributed by atoms with Crippen LogP contribution in [0, 0.1) is 23.7 Å². The third kappa shape index (κ3) is 4.23. The van der Waals surface area contributed by atoms with Crippen molar-refractivity contribution in [3.8, 4) is 17.2 Å². The Morgan fingerprint density at radius 3 is 2.31 bits per heavy atom. The van der Waals surface area contributed by atoms with Gasteiger partial charge in [0.1, 0.15) is 17.2 Å². The lowest BCUT2D eigenvalue weighted by atomic mass is 9.49. The van der Waals surface area contributed by atoms with Crippen molar-refractivity contribution >= 4 is 47.0 Å². The van der Waals surface area contributed by atoms with Gasteiger partial charge in [-0.3, -0.25) is 19.2 Å². The Balaban J connectivity index is 1.54. The van der Waals surface area contributed by atoms with Gasteiger partial charge in [-0.25, -0.2) is 9.69 Å². The Morgan fingerprint density at radius 1 is 0.896 bits per heavy atom. The van der Waals surface area contributed by atoms with E-state index in [9.17, 15) is 24.3 Å². The zero-order chi connectivity index (χ0) is 34.1. The summed E-state index contributed by atoms with van der Waals surface area (Å²) in [6, 6.07) is 18.3. The molecule has 0 aromatic heterocycles. The first-order valence-electron chi connectivity index (χ1n) is 15.4. The molecule has 0 spiro atoms. The maximum atomic E-state index is 15.3. The third-order valence-electron chi connectivity index (χ3n) is 10.4. The van der Waals surface area contributed by atoms with Gasteiger partial charge in [-0.2, -0.15) is 4.90 Å². The SMILES string of the molecule is COC(=O)N1C(=O)[C@H]2[C@H](CC=C3[C@H]2C[C@H]2C(=O)N(c4cccc(Cl)c4)C(=O)[C@@]2(c2ccccc2)[C@H]3c2c(O)cc(OC)cc2OC)C1=O. The second-order valence-electron chi connectivity index (χ2n) is 12.3. The molecule has 5 amide bonds. The number of amides is 5. The van der Waals surface area contributed by atoms with Crippen LogP contribution in [0.4, 0.5) is 10.5 Å². The highest BCUT2D eigenvalue weighted by molar-refractivity contribution is 6.32. The monoisotopic (exact) mass is 670 g/mol. The molecule has 12 heteroatoms. The number of benzene rings is 3. The fourth-order valence-corrected chi connectivity index (χ4v) is 8.68. The molecule has 2 heterocycles. The molecule has 0 unspecified atom stereocenters. The van der Waals surface area contributed by atoms with Gasteiger partial charge in [0.05, 0.1) is 50.2 Å². The Labute approximate surface area is 280 Å². The van der Waals surface area contributed by atoms with Crippen LogP contribution >= 0.6 is 11.6 Å². The van der Waals surface area contributed by atoms with Crippen molar-refractivity contribution in [2.75, 3.05) is 26.2 Å². The number of anilines is 1. The predicted molar refractivity (Wildman–Crippen MR) is 172 cm³/mol. The van der Waals surface area contributed by atoms with E-state index in [4.69, 9.17) is 25.8 Å². The topological polar surface area (TPSA) is 140 Å². The number of fused-ring (bicyclic) bond motifs is 4. The van der Waals surface area contributed by atoms with E-state index in [2.05, 4.69) is 0 Å². The number of likely N-dealkylation sites (tertiary alicyclic amines) is 1. The van der Waals surface area contributed by atoms with Crippen molar-refractivity contribution in [2.45, 2.75) is 24.2 Å². The zero-order valence-electron chi connectivity index (χ0n) is 26.2. The lowest BCUT2D eigenvalue weighted by molar-refractivity contribution is -0.138. The summed E-state index contributed by atoms with van der Waals surface area (Å²) in [5.74, 6) is -7.00. The molecule has 11 nitrogen and oxygen atoms in total. The first-order valence-corrected chi connectivity index (χ1v) is 15.8. The van der Waals surface area contributed by atoms with Crippen molar-refractivity contribution in [1.29, 1.82) is 0 Å². The number of allylic oxidation sites excluding steroid dienone is 2. The number of carbonyl (C=O) groups is 5. The Morgan fingerprint density at radius 2 is 1.65 bits per heavy atom. The zero-order valence-corrected chi connectivity index (χ0v) is 27.0. The van der Waals surface area contributed by atoms with Crippen LogP contribution in [0.2, 0.25) is 5.02 Å². The van der Waals surface area contributed by atoms with Gasteiger partial charge in [0.2, 0.25) is 23.6 Å². The summed E-state index contributed by atoms with van der Waals surface area (Å²) in [5, 5.41) is 12.1. The third-order valence-corrected chi connectivity index (χ3v) is 10.6. The molecule has 2 aliphatic carbocycles. The highest BCUT2D eigenvalue weighted by Gasteiger charge is 2.71. The minimum absolute atomic E-state index is 0.00724. The Kier molecular flexibility index (Phi) is 7.54. The van der Waals surface area contributed by atoms with Crippen LogP contribution < -0.4 is 14.4 Å². The number of phenols is 1. The molecule has 2 aliphatic heterocycles. The second kappa shape index (κ2) is 11.5. The average Bonchev–Trinajstić information content (AvgIpc) is 3.48. The molecule has 0 bridgehead atoms. The molecule has 6 atom stereocenters. The summed E-state index contributed by atoms with van der Waals surface area (Å²) >= 11 is 6.35. The van der Waals surface area contributed by atoms with E-state index in [1.54, 1.807) is 54.6 Å². The Bertz CT molecular complexity index is 1930. The first kappa shape index (κ1) is 31.4. The number of carbonyl (C=O) groups excluding carboxylic acids is 5. The normalized spacial score (nSPS) is 27.7. The molecule has 3 fully saturated rings. The predicted octanol–water partition coefficient (Wildman–Crippen LogP) is 4.99. The van der Waals surface area contributed by atoms with E-state index in [0.29, 0.717) is 26.8 Å². The van der Waals surface area contributed by atoms with Gasteiger partial charge >= 0.3 is 6.09 Å². The van der Waals surface area contributed by atoms with E-state index in [1.165, 1.54) is 26.4 Å². The first-order chi connectivity index (χ1) is 23.1. The number of methoxy groups -OCH3 is 3. The number of hydrogen-bond donors (Lipinski definition) is 1. The minimum Gasteiger partial charge on any atom is -0.507 e. The molecule has 246 valence electrons. The van der Waals surface area contributed by atoms with Crippen LogP contribution in [-0.2, 0) is 29.3 Å². The molecule has 2 saturated heterocycles. The van der Waals surface area contributed by atoms with Gasteiger partial charge < -0.3 is 19.3 Å². The molecule has 48 heavy (non-hydrogen) atoms. The van der Waals surface area contributed by atoms with Crippen LogP contribution in [0.5, 0.6) is 17.2 Å². The van der Waals surface area contributed by atoms with Crippen LogP contribution in [-0.4, -0.2) is 61.1 Å². The summed E-state index contributed by atoms with van der Waals surface area (Å²) < 4.78 is 16.0. The minimum atomic E-state index is -1.64. The number of nitrogens with zero attached hydrogens (tertiary/aromatic N) is 2. The van der Waals surface area contributed by atoms with Gasteiger partial charge in [0.25, 0.3) is 0 Å². The number of halogens is 1. The largest absolute Gasteiger partial charge is 0.507 e. The number of phenolic OH excluding ortho intramolecular Hbond substituents is 1. The van der Waals surface area contributed by atoms with Crippen molar-refractivity contribution in [3.63, 3.8) is 0 Å². The Hall–Kier alpha value is -5.16. The van der Waals surface area contributed by atoms with Gasteiger partial charge in [-0.15, -0.1) is 0 Å². The van der Waals surface area contributed by atoms with Crippen LogP contribution in [0.15, 0.2) is 78.4 Å². The smallest absolute Gasteiger partial charge is 0.423 e. The molecule has 4 aliphatic rings. The number of aromatic hydroxyl groups is 1. The quantitative estimate of drug-likeness (QED) is 0.294. The second-order valence-corrected chi connectivity index (χ2v) is 12.8. The number of rotatable bonds is 5. The van der Waals surface area contributed by atoms with Gasteiger partial charge in [0, 0.05) is 28.6 Å². The molecular formula is C36H31ClN2O9. The van der Waals surface area contributed by atoms with E-state index in [1.807, 2.05) is 6.08 Å². The summed E-state index contributed by atoms with van der Waals surface area (Å²) in [5.41, 5.74) is -0.0465. The maximum Gasteiger partial charge on any atom is 0.423 e. The molecule has 0 radical (unpaired) electrons. The number of imide groups is 4. The molecule has 1 N–H and O–H groups in total. The summed E-state index contributed by atoms with van der Waals surface area (Å²) in [4.78, 5) is 71.8. The van der Waals surface area contributed by atoms with Crippen LogP contribution in [0.25, 0.3) is 0 Å². The van der Waals surface area contributed by atoms with Gasteiger partial charge in [0.15, 0.2) is 0 Å². The molecule has 1 saturated carbocycles. The van der Waals surface area contributed by atoms with Gasteiger partial charge in [-0.05, 0) is 42.5 Å². The van der Waals surface area contributed by atoms with Gasteiger partial charge in [-0.1, -0.05) is 59.6 Å². The molecular weight excluding hydrogens is 640 g/mol. The summed E-state index contributed by atoms with van der Waals surface area (Å²) in [6.45, 7) is 0. The molecule has 7 rings (SSSR count). The fraction of sp³-hybridized carbons (Fsp3) is 0.306. The van der Waals surface area contributed by atoms with E-state index in [-0.39, 0.29) is 35.6 Å². The fourth-order valence-electron chi connectivity index (χ4n) is 8.49. The summed E-state index contributed by atoms with van der Waals surface area (Å²) in [6.07, 6.45) is 0.820. The van der Waals surface area contributed by atoms with Crippen molar-refractivity contribution in [1.82, 2.24) is 4.90 Å². The lowest BCUT2D eigenvalue weighted by Gasteiger charge is -2.51. The highest BCUT2D eigenvalue weighted by Crippen LogP contribution is 2.66. The lowest BCUT2D eigenvalue weighted by Crippen LogP contribution is -2.53. The van der Waals surface area contributed by atoms with E-state index >= 15 is 4.79 Å². The van der Waals surface area contributed by atoms with E-state index < -0.39 is 64.7 Å². The van der Waals surface area contributed by atoms with E-state index in [0.717, 1.165) is 12.0 Å². The standard InChI is InChI=1S/C36H31ClN2O9/c1-46-21-15-26(40)29(27(16-21)47-2)30-22-12-13-23-28(33(43)39(31(23)41)35(45)48-3)24(22)17-25-32(42)38(20-11-7-10-19(37)14-20)34(44)36(25,30)18-8-5-4-6-9-18/h4-12,14-16,23-25,28,30,40H,13,17H2,1-3H3/t23-,24+,25-,28-,30+,36+/m0/s1. The van der Waals surface area contributed by atoms with Crippen molar-refractivity contribution in [2.24, 2.45) is 23.7 Å². The number of hydrogen-bond acceptors (Lipinski definition) is 9. The molecule has 3 aromatic carbocycles. The molecule has 3 aromatic rings.